The van der Waals surface area contributed by atoms with E-state index in [0.29, 0.717) is 18.2 Å². The van der Waals surface area contributed by atoms with E-state index in [4.69, 9.17) is 5.11 Å². The van der Waals surface area contributed by atoms with E-state index >= 15 is 0 Å². The van der Waals surface area contributed by atoms with Crippen molar-refractivity contribution in [3.63, 3.8) is 0 Å². The molecule has 32 heavy (non-hydrogen) atoms. The molecule has 1 saturated heterocycles. The third-order valence-corrected chi connectivity index (χ3v) is 5.62. The van der Waals surface area contributed by atoms with Gasteiger partial charge in [0.25, 0.3) is 0 Å². The number of benzene rings is 2. The third kappa shape index (κ3) is 7.39. The molecule has 4 N–H and O–H groups in total. The predicted octanol–water partition coefficient (Wildman–Crippen LogP) is 3.09. The molecule has 3 rings (SSSR count). The van der Waals surface area contributed by atoms with E-state index in [0.717, 1.165) is 42.7 Å². The maximum absolute atomic E-state index is 12.3. The Bertz CT molecular complexity index is 937. The fourth-order valence-electron chi connectivity index (χ4n) is 3.75. The molecule has 0 bridgehead atoms. The first-order chi connectivity index (χ1) is 15.4. The largest absolute Gasteiger partial charge is 0.480 e. The predicted molar refractivity (Wildman–Crippen MR) is 124 cm³/mol. The highest BCUT2D eigenvalue weighted by Crippen LogP contribution is 2.17. The van der Waals surface area contributed by atoms with Crippen LogP contribution in [0.1, 0.15) is 24.0 Å². The maximum atomic E-state index is 12.3. The van der Waals surface area contributed by atoms with Crippen molar-refractivity contribution in [1.82, 2.24) is 10.2 Å². The van der Waals surface area contributed by atoms with Crippen molar-refractivity contribution in [2.45, 2.75) is 26.2 Å². The molecule has 8 nitrogen and oxygen atoms in total. The quantitative estimate of drug-likeness (QED) is 0.506. The number of urea groups is 1. The number of carboxylic acids is 1. The zero-order valence-corrected chi connectivity index (χ0v) is 18.3. The molecule has 0 aromatic heterocycles. The highest BCUT2D eigenvalue weighted by molar-refractivity contribution is 6.00. The average molecular weight is 439 g/mol. The van der Waals surface area contributed by atoms with E-state index in [2.05, 4.69) is 16.0 Å². The summed E-state index contributed by atoms with van der Waals surface area (Å²) in [6, 6.07) is 14.4. The minimum Gasteiger partial charge on any atom is -0.480 e. The number of aryl methyl sites for hydroxylation is 1. The first-order valence-electron chi connectivity index (χ1n) is 10.8. The fraction of sp³-hybridized carbons (Fsp3) is 0.375. The van der Waals surface area contributed by atoms with Gasteiger partial charge in [-0.3, -0.25) is 14.5 Å². The van der Waals surface area contributed by atoms with E-state index in [-0.39, 0.29) is 24.9 Å². The van der Waals surface area contributed by atoms with Crippen LogP contribution >= 0.6 is 0 Å². The van der Waals surface area contributed by atoms with Gasteiger partial charge in [-0.15, -0.1) is 0 Å². The molecule has 0 atom stereocenters. The number of anilines is 2. The van der Waals surface area contributed by atoms with E-state index in [1.165, 1.54) is 0 Å². The molecule has 3 amide bonds. The summed E-state index contributed by atoms with van der Waals surface area (Å²) in [7, 11) is 0. The molecule has 2 aromatic carbocycles. The molecule has 0 spiro atoms. The minimum absolute atomic E-state index is 0.0454. The fourth-order valence-corrected chi connectivity index (χ4v) is 3.75. The van der Waals surface area contributed by atoms with Crippen LogP contribution < -0.4 is 16.0 Å². The molecule has 0 unspecified atom stereocenters. The van der Waals surface area contributed by atoms with Crippen molar-refractivity contribution in [2.24, 2.45) is 5.92 Å². The summed E-state index contributed by atoms with van der Waals surface area (Å²) in [5, 5.41) is 17.4. The Kier molecular flexibility index (Phi) is 8.21. The zero-order chi connectivity index (χ0) is 22.9. The van der Waals surface area contributed by atoms with Crippen molar-refractivity contribution < 1.29 is 19.5 Å². The Labute approximate surface area is 188 Å². The lowest BCUT2D eigenvalue weighted by molar-refractivity contribution is -0.138. The Hall–Kier alpha value is -3.39. The molecular weight excluding hydrogens is 408 g/mol. The van der Waals surface area contributed by atoms with E-state index in [1.807, 2.05) is 48.2 Å². The number of likely N-dealkylation sites (tertiary alicyclic amines) is 1. The SMILES string of the molecule is Cc1ccccc1NC(=O)Nc1ccc(CC(=O)NCC2CCN(CC(=O)O)CC2)cc1. The lowest BCUT2D eigenvalue weighted by Gasteiger charge is -2.30. The molecule has 0 radical (unpaired) electrons. The van der Waals surface area contributed by atoms with Gasteiger partial charge in [-0.25, -0.2) is 4.79 Å². The number of aliphatic carboxylic acids is 1. The van der Waals surface area contributed by atoms with Gasteiger partial charge in [0.1, 0.15) is 0 Å². The van der Waals surface area contributed by atoms with Crippen LogP contribution in [0.25, 0.3) is 0 Å². The van der Waals surface area contributed by atoms with Crippen molar-refractivity contribution in [1.29, 1.82) is 0 Å². The van der Waals surface area contributed by atoms with E-state index in [9.17, 15) is 14.4 Å². The smallest absolute Gasteiger partial charge is 0.323 e. The van der Waals surface area contributed by atoms with E-state index in [1.54, 1.807) is 12.1 Å². The van der Waals surface area contributed by atoms with Gasteiger partial charge in [-0.05, 0) is 68.1 Å². The molecule has 8 heteroatoms. The van der Waals surface area contributed by atoms with Crippen LogP contribution in [0.5, 0.6) is 0 Å². The number of nitrogens with zero attached hydrogens (tertiary/aromatic N) is 1. The van der Waals surface area contributed by atoms with E-state index < -0.39 is 5.97 Å². The minimum atomic E-state index is -0.801. The van der Waals surface area contributed by atoms with Crippen molar-refractivity contribution in [3.8, 4) is 0 Å². The topological polar surface area (TPSA) is 111 Å². The summed E-state index contributed by atoms with van der Waals surface area (Å²) in [4.78, 5) is 37.2. The monoisotopic (exact) mass is 438 g/mol. The third-order valence-electron chi connectivity index (χ3n) is 5.62. The molecule has 0 saturated carbocycles. The van der Waals surface area contributed by atoms with Crippen LogP contribution in [-0.4, -0.2) is 54.1 Å². The Morgan fingerprint density at radius 3 is 2.34 bits per heavy atom. The summed E-state index contributed by atoms with van der Waals surface area (Å²) in [5.74, 6) is -0.469. The molecule has 1 fully saturated rings. The normalized spacial score (nSPS) is 14.5. The average Bonchev–Trinajstić information content (AvgIpc) is 2.76. The number of carbonyl (C=O) groups excluding carboxylic acids is 2. The van der Waals surface area contributed by atoms with Gasteiger partial charge >= 0.3 is 12.0 Å². The van der Waals surface area contributed by atoms with Gasteiger partial charge in [0, 0.05) is 17.9 Å². The second-order valence-corrected chi connectivity index (χ2v) is 8.19. The van der Waals surface area contributed by atoms with Crippen molar-refractivity contribution >= 4 is 29.3 Å². The summed E-state index contributed by atoms with van der Waals surface area (Å²) in [5.41, 5.74) is 3.25. The molecule has 0 aliphatic carbocycles. The van der Waals surface area contributed by atoms with Crippen molar-refractivity contribution in [2.75, 3.05) is 36.8 Å². The van der Waals surface area contributed by atoms with Gasteiger partial charge in [-0.1, -0.05) is 30.3 Å². The van der Waals surface area contributed by atoms with Gasteiger partial charge in [0.15, 0.2) is 0 Å². The second-order valence-electron chi connectivity index (χ2n) is 8.19. The van der Waals surface area contributed by atoms with Crippen LogP contribution in [0.2, 0.25) is 0 Å². The lowest BCUT2D eigenvalue weighted by Crippen LogP contribution is -2.40. The number of hydrogen-bond donors (Lipinski definition) is 4. The molecule has 2 aromatic rings. The second kappa shape index (κ2) is 11.3. The number of rotatable bonds is 8. The van der Waals surface area contributed by atoms with Crippen LogP contribution in [0.3, 0.4) is 0 Å². The van der Waals surface area contributed by atoms with Crippen LogP contribution in [-0.2, 0) is 16.0 Å². The number of carboxylic acid groups (broad SMARTS) is 1. The van der Waals surface area contributed by atoms with Gasteiger partial charge < -0.3 is 21.1 Å². The summed E-state index contributed by atoms with van der Waals surface area (Å²) < 4.78 is 0. The number of amides is 3. The Balaban J connectivity index is 1.38. The van der Waals surface area contributed by atoms with Gasteiger partial charge in [0.05, 0.1) is 13.0 Å². The number of piperidine rings is 1. The lowest BCUT2D eigenvalue weighted by atomic mass is 9.96. The molecule has 1 aliphatic heterocycles. The highest BCUT2D eigenvalue weighted by Gasteiger charge is 2.21. The number of para-hydroxylation sites is 1. The number of nitrogens with one attached hydrogen (secondary N) is 3. The van der Waals surface area contributed by atoms with Gasteiger partial charge in [-0.2, -0.15) is 0 Å². The highest BCUT2D eigenvalue weighted by atomic mass is 16.4. The standard InChI is InChI=1S/C24H30N4O4/c1-17-4-2-3-5-21(17)27-24(32)26-20-8-6-18(7-9-20)14-22(29)25-15-19-10-12-28(13-11-19)16-23(30)31/h2-9,19H,10-16H2,1H3,(H,25,29)(H,30,31)(H2,26,27,32). The zero-order valence-electron chi connectivity index (χ0n) is 18.3. The summed E-state index contributed by atoms with van der Waals surface area (Å²) in [6.45, 7) is 4.12. The molecule has 170 valence electrons. The summed E-state index contributed by atoms with van der Waals surface area (Å²) >= 11 is 0. The Morgan fingerprint density at radius 1 is 1.00 bits per heavy atom. The molecule has 1 heterocycles. The number of carbonyl (C=O) groups is 3. The first kappa shape index (κ1) is 23.3. The molecular formula is C24H30N4O4. The first-order valence-corrected chi connectivity index (χ1v) is 10.8. The summed E-state index contributed by atoms with van der Waals surface area (Å²) in [6.07, 6.45) is 2.05. The molecule has 1 aliphatic rings. The maximum Gasteiger partial charge on any atom is 0.323 e. The number of hydrogen-bond acceptors (Lipinski definition) is 4. The van der Waals surface area contributed by atoms with Gasteiger partial charge in [0.2, 0.25) is 5.91 Å². The van der Waals surface area contributed by atoms with Crippen LogP contribution in [0.4, 0.5) is 16.2 Å². The Morgan fingerprint density at radius 2 is 1.69 bits per heavy atom. The van der Waals surface area contributed by atoms with Crippen LogP contribution in [0, 0.1) is 12.8 Å². The van der Waals surface area contributed by atoms with Crippen LogP contribution in [0.15, 0.2) is 48.5 Å². The van der Waals surface area contributed by atoms with Crippen molar-refractivity contribution in [3.05, 3.63) is 59.7 Å².